The van der Waals surface area contributed by atoms with Gasteiger partial charge in [-0.2, -0.15) is 5.10 Å². The van der Waals surface area contributed by atoms with E-state index in [1.54, 1.807) is 6.08 Å². The molecule has 108 valence electrons. The van der Waals surface area contributed by atoms with Gasteiger partial charge in [-0.15, -0.1) is 0 Å². The lowest BCUT2D eigenvalue weighted by atomic mass is 10.1. The van der Waals surface area contributed by atoms with Crippen LogP contribution in [0, 0.1) is 5.82 Å². The van der Waals surface area contributed by atoms with E-state index in [2.05, 4.69) is 15.4 Å². The van der Waals surface area contributed by atoms with Gasteiger partial charge < -0.3 is 10.1 Å². The van der Waals surface area contributed by atoms with Crippen molar-refractivity contribution in [3.8, 4) is 0 Å². The minimum atomic E-state index is -0.423. The Balaban J connectivity index is 2.00. The molecule has 21 heavy (non-hydrogen) atoms. The Labute approximate surface area is 120 Å². The Morgan fingerprint density at radius 3 is 3.05 bits per heavy atom. The Kier molecular flexibility index (Phi) is 3.17. The smallest absolute Gasteiger partial charge is 0.276 e. The molecular weight excluding hydrogens is 275 g/mol. The van der Waals surface area contributed by atoms with Crippen molar-refractivity contribution in [1.82, 2.24) is 5.01 Å². The van der Waals surface area contributed by atoms with Crippen LogP contribution in [0.2, 0.25) is 0 Å². The summed E-state index contributed by atoms with van der Waals surface area (Å²) in [6, 6.07) is 4.08. The molecule has 3 rings (SSSR count). The van der Waals surface area contributed by atoms with E-state index in [1.165, 1.54) is 30.3 Å². The van der Waals surface area contributed by atoms with Crippen molar-refractivity contribution >= 4 is 23.0 Å². The fourth-order valence-electron chi connectivity index (χ4n) is 2.14. The van der Waals surface area contributed by atoms with Crippen LogP contribution in [0.15, 0.2) is 40.3 Å². The van der Waals surface area contributed by atoms with E-state index in [0.29, 0.717) is 17.1 Å². The number of nitrogens with one attached hydrogen (secondary N) is 1. The maximum Gasteiger partial charge on any atom is 0.276 e. The molecule has 1 aromatic rings. The minimum Gasteiger partial charge on any atom is -0.481 e. The molecule has 1 aromatic carbocycles. The first-order chi connectivity index (χ1) is 10.1. The zero-order valence-corrected chi connectivity index (χ0v) is 11.6. The number of carbonyl (C=O) groups is 1. The standard InChI is InChI=1S/C14H13FN4O2/c1-8-5-12(21-2)19(7-16-8)18-13-10-6-9(15)3-4-11(10)17-14(13)20/h3-6H,7H2,1-2H3,(H,17,18,20). The van der Waals surface area contributed by atoms with Gasteiger partial charge in [-0.05, 0) is 25.1 Å². The minimum absolute atomic E-state index is 0.141. The topological polar surface area (TPSA) is 66.3 Å². The van der Waals surface area contributed by atoms with Gasteiger partial charge in [0.25, 0.3) is 5.91 Å². The van der Waals surface area contributed by atoms with Crippen LogP contribution < -0.4 is 5.32 Å². The number of benzene rings is 1. The number of nitrogens with zero attached hydrogens (tertiary/aromatic N) is 3. The molecule has 2 aliphatic rings. The molecule has 0 radical (unpaired) electrons. The van der Waals surface area contributed by atoms with Gasteiger partial charge in [-0.3, -0.25) is 9.79 Å². The highest BCUT2D eigenvalue weighted by atomic mass is 19.1. The second-order valence-corrected chi connectivity index (χ2v) is 4.62. The Morgan fingerprint density at radius 1 is 1.48 bits per heavy atom. The molecule has 1 amide bonds. The van der Waals surface area contributed by atoms with Crippen LogP contribution in [-0.2, 0) is 9.53 Å². The molecule has 7 heteroatoms. The number of anilines is 1. The summed E-state index contributed by atoms with van der Waals surface area (Å²) in [5.41, 5.74) is 1.93. The number of rotatable bonds is 2. The Morgan fingerprint density at radius 2 is 2.29 bits per heavy atom. The van der Waals surface area contributed by atoms with Crippen molar-refractivity contribution < 1.29 is 13.9 Å². The van der Waals surface area contributed by atoms with Crippen LogP contribution in [0.1, 0.15) is 12.5 Å². The van der Waals surface area contributed by atoms with Crippen molar-refractivity contribution in [2.45, 2.75) is 6.92 Å². The first kappa shape index (κ1) is 13.3. The van der Waals surface area contributed by atoms with E-state index in [-0.39, 0.29) is 18.3 Å². The summed E-state index contributed by atoms with van der Waals surface area (Å²) in [6.07, 6.45) is 1.72. The second-order valence-electron chi connectivity index (χ2n) is 4.62. The van der Waals surface area contributed by atoms with Crippen LogP contribution >= 0.6 is 0 Å². The molecule has 0 atom stereocenters. The number of hydrogen-bond donors (Lipinski definition) is 1. The van der Waals surface area contributed by atoms with Gasteiger partial charge in [0.15, 0.2) is 5.71 Å². The van der Waals surface area contributed by atoms with E-state index in [4.69, 9.17) is 4.74 Å². The lowest BCUT2D eigenvalue weighted by Gasteiger charge is -2.22. The summed E-state index contributed by atoms with van der Waals surface area (Å²) in [5.74, 6) is -0.321. The monoisotopic (exact) mass is 288 g/mol. The van der Waals surface area contributed by atoms with Crippen molar-refractivity contribution in [1.29, 1.82) is 0 Å². The molecule has 0 fully saturated rings. The number of halogens is 1. The number of aliphatic imine (C=N–C) groups is 1. The third-order valence-electron chi connectivity index (χ3n) is 3.17. The van der Waals surface area contributed by atoms with Crippen molar-refractivity contribution in [3.05, 3.63) is 41.5 Å². The zero-order chi connectivity index (χ0) is 15.0. The Bertz CT molecular complexity index is 709. The highest BCUT2D eigenvalue weighted by Gasteiger charge is 2.28. The lowest BCUT2D eigenvalue weighted by Crippen LogP contribution is -2.27. The zero-order valence-electron chi connectivity index (χ0n) is 11.6. The lowest BCUT2D eigenvalue weighted by molar-refractivity contribution is -0.110. The first-order valence-corrected chi connectivity index (χ1v) is 6.32. The van der Waals surface area contributed by atoms with E-state index < -0.39 is 5.82 Å². The molecule has 0 spiro atoms. The molecular formula is C14H13FN4O2. The molecule has 2 aliphatic heterocycles. The first-order valence-electron chi connectivity index (χ1n) is 6.32. The average molecular weight is 288 g/mol. The summed E-state index contributed by atoms with van der Waals surface area (Å²) in [6.45, 7) is 2.09. The number of hydrazone groups is 1. The van der Waals surface area contributed by atoms with Gasteiger partial charge in [0.05, 0.1) is 12.8 Å². The van der Waals surface area contributed by atoms with Crippen molar-refractivity contribution in [3.63, 3.8) is 0 Å². The Hall–Kier alpha value is -2.70. The van der Waals surface area contributed by atoms with Crippen molar-refractivity contribution in [2.75, 3.05) is 19.1 Å². The van der Waals surface area contributed by atoms with E-state index >= 15 is 0 Å². The third-order valence-corrected chi connectivity index (χ3v) is 3.17. The quantitative estimate of drug-likeness (QED) is 0.900. The summed E-state index contributed by atoms with van der Waals surface area (Å²) >= 11 is 0. The van der Waals surface area contributed by atoms with Gasteiger partial charge in [0, 0.05) is 17.4 Å². The molecule has 0 aromatic heterocycles. The highest BCUT2D eigenvalue weighted by Crippen LogP contribution is 2.25. The third kappa shape index (κ3) is 2.37. The molecule has 0 bridgehead atoms. The van der Waals surface area contributed by atoms with E-state index in [0.717, 1.165) is 5.71 Å². The molecule has 0 unspecified atom stereocenters. The van der Waals surface area contributed by atoms with Crippen LogP contribution in [0.5, 0.6) is 0 Å². The number of carbonyl (C=O) groups excluding carboxylic acids is 1. The number of methoxy groups -OCH3 is 1. The van der Waals surface area contributed by atoms with Gasteiger partial charge >= 0.3 is 0 Å². The summed E-state index contributed by atoms with van der Waals surface area (Å²) in [4.78, 5) is 16.2. The van der Waals surface area contributed by atoms with E-state index in [9.17, 15) is 9.18 Å². The van der Waals surface area contributed by atoms with Gasteiger partial charge in [-0.1, -0.05) is 0 Å². The van der Waals surface area contributed by atoms with Crippen LogP contribution in [0.25, 0.3) is 0 Å². The number of ether oxygens (including phenoxy) is 1. The average Bonchev–Trinajstić information content (AvgIpc) is 2.76. The molecule has 1 N–H and O–H groups in total. The number of hydrogen-bond acceptors (Lipinski definition) is 5. The molecule has 0 aliphatic carbocycles. The van der Waals surface area contributed by atoms with Crippen LogP contribution in [-0.4, -0.2) is 36.1 Å². The fourth-order valence-corrected chi connectivity index (χ4v) is 2.14. The second kappa shape index (κ2) is 5.01. The molecule has 2 heterocycles. The number of fused-ring (bicyclic) bond motifs is 1. The predicted molar refractivity (Wildman–Crippen MR) is 76.5 cm³/mol. The maximum atomic E-state index is 13.4. The van der Waals surface area contributed by atoms with Gasteiger partial charge in [-0.25, -0.2) is 9.40 Å². The van der Waals surface area contributed by atoms with Crippen LogP contribution in [0.4, 0.5) is 10.1 Å². The van der Waals surface area contributed by atoms with Gasteiger partial charge in [0.2, 0.25) is 5.88 Å². The normalized spacial score (nSPS) is 19.1. The summed E-state index contributed by atoms with van der Waals surface area (Å²) in [7, 11) is 1.51. The molecule has 0 saturated carbocycles. The fraction of sp³-hybridized carbons (Fsp3) is 0.214. The summed E-state index contributed by atoms with van der Waals surface area (Å²) in [5, 5.41) is 8.36. The molecule has 0 saturated heterocycles. The molecule has 6 nitrogen and oxygen atoms in total. The number of allylic oxidation sites excluding steroid dienone is 1. The van der Waals surface area contributed by atoms with Gasteiger partial charge in [0.1, 0.15) is 12.5 Å². The highest BCUT2D eigenvalue weighted by molar-refractivity contribution is 6.53. The number of amides is 1. The SMILES string of the molecule is COC1=CC(C)=NCN1N=C1C(=O)Nc2ccc(F)cc21. The van der Waals surface area contributed by atoms with Crippen LogP contribution in [0.3, 0.4) is 0 Å². The summed E-state index contributed by atoms with van der Waals surface area (Å²) < 4.78 is 18.6. The maximum absolute atomic E-state index is 13.4. The van der Waals surface area contributed by atoms with E-state index in [1.807, 2.05) is 6.92 Å². The largest absolute Gasteiger partial charge is 0.481 e. The van der Waals surface area contributed by atoms with Crippen molar-refractivity contribution in [2.24, 2.45) is 10.1 Å². The predicted octanol–water partition coefficient (Wildman–Crippen LogP) is 1.70.